The van der Waals surface area contributed by atoms with Crippen molar-refractivity contribution in [2.75, 3.05) is 13.7 Å². The first-order chi connectivity index (χ1) is 13.1. The van der Waals surface area contributed by atoms with Gasteiger partial charge in [0.15, 0.2) is 0 Å². The minimum Gasteiger partial charge on any atom is -0.495 e. The number of aromatic nitrogens is 4. The summed E-state index contributed by atoms with van der Waals surface area (Å²) in [6.45, 7) is 6.23. The second kappa shape index (κ2) is 6.98. The SMILES string of the molecule is COc1ccc([C@H]2C[C@@H]2COc2nc(C)ncc2-c2c(C)noc2C)nc1. The molecule has 0 aliphatic heterocycles. The van der Waals surface area contributed by atoms with E-state index in [-0.39, 0.29) is 0 Å². The molecule has 0 spiro atoms. The highest BCUT2D eigenvalue weighted by molar-refractivity contribution is 5.71. The predicted octanol–water partition coefficient (Wildman–Crippen LogP) is 3.64. The molecule has 3 aromatic heterocycles. The fourth-order valence-electron chi connectivity index (χ4n) is 3.31. The summed E-state index contributed by atoms with van der Waals surface area (Å²) in [5, 5.41) is 4.02. The van der Waals surface area contributed by atoms with E-state index < -0.39 is 0 Å². The van der Waals surface area contributed by atoms with Crippen LogP contribution in [0.5, 0.6) is 11.6 Å². The summed E-state index contributed by atoms with van der Waals surface area (Å²) in [7, 11) is 1.64. The number of hydrogen-bond donors (Lipinski definition) is 0. The van der Waals surface area contributed by atoms with Crippen LogP contribution in [-0.4, -0.2) is 33.8 Å². The van der Waals surface area contributed by atoms with Crippen molar-refractivity contribution >= 4 is 0 Å². The average molecular weight is 366 g/mol. The van der Waals surface area contributed by atoms with Gasteiger partial charge in [-0.3, -0.25) is 4.98 Å². The largest absolute Gasteiger partial charge is 0.495 e. The molecule has 7 heteroatoms. The van der Waals surface area contributed by atoms with Crippen LogP contribution in [0.25, 0.3) is 11.1 Å². The van der Waals surface area contributed by atoms with Crippen LogP contribution in [-0.2, 0) is 0 Å². The summed E-state index contributed by atoms with van der Waals surface area (Å²) in [5.74, 6) is 3.60. The first-order valence-electron chi connectivity index (χ1n) is 8.96. The lowest BCUT2D eigenvalue weighted by atomic mass is 10.1. The molecule has 1 fully saturated rings. The Morgan fingerprint density at radius 1 is 1.15 bits per heavy atom. The Bertz CT molecular complexity index is 933. The maximum Gasteiger partial charge on any atom is 0.224 e. The molecule has 1 aliphatic rings. The Morgan fingerprint density at radius 2 is 2.00 bits per heavy atom. The minimum absolute atomic E-state index is 0.418. The molecule has 0 saturated heterocycles. The number of aryl methyl sites for hydroxylation is 3. The second-order valence-corrected chi connectivity index (χ2v) is 6.87. The first-order valence-corrected chi connectivity index (χ1v) is 8.96. The molecule has 0 unspecified atom stereocenters. The molecule has 0 amide bonds. The van der Waals surface area contributed by atoms with Crippen LogP contribution in [0.2, 0.25) is 0 Å². The van der Waals surface area contributed by atoms with Gasteiger partial charge in [-0.2, -0.15) is 4.98 Å². The summed E-state index contributed by atoms with van der Waals surface area (Å²) in [6, 6.07) is 3.97. The smallest absolute Gasteiger partial charge is 0.224 e. The molecule has 7 nitrogen and oxygen atoms in total. The molecule has 1 aliphatic carbocycles. The lowest BCUT2D eigenvalue weighted by molar-refractivity contribution is 0.285. The highest BCUT2D eigenvalue weighted by Gasteiger charge is 2.40. The van der Waals surface area contributed by atoms with Gasteiger partial charge < -0.3 is 14.0 Å². The summed E-state index contributed by atoms with van der Waals surface area (Å²) < 4.78 is 16.6. The van der Waals surface area contributed by atoms with E-state index in [0.717, 1.165) is 40.4 Å². The quantitative estimate of drug-likeness (QED) is 0.658. The molecular weight excluding hydrogens is 344 g/mol. The van der Waals surface area contributed by atoms with Crippen LogP contribution in [0.1, 0.15) is 35.3 Å². The molecule has 0 aromatic carbocycles. The first kappa shape index (κ1) is 17.5. The van der Waals surface area contributed by atoms with Crippen molar-refractivity contribution < 1.29 is 14.0 Å². The Kier molecular flexibility index (Phi) is 4.51. The van der Waals surface area contributed by atoms with E-state index in [9.17, 15) is 0 Å². The van der Waals surface area contributed by atoms with Crippen molar-refractivity contribution in [2.45, 2.75) is 33.1 Å². The standard InChI is InChI=1S/C20H22N4O3/c1-11-19(12(2)27-24-11)17-9-21-13(3)23-20(17)26-10-14-7-16(14)18-6-5-15(25-4)8-22-18/h5-6,8-9,14,16H,7,10H2,1-4H3/t14-,16+/m1/s1. The number of pyridine rings is 1. The van der Waals surface area contributed by atoms with Gasteiger partial charge in [-0.05, 0) is 39.3 Å². The van der Waals surface area contributed by atoms with Gasteiger partial charge >= 0.3 is 0 Å². The highest BCUT2D eigenvalue weighted by atomic mass is 16.5. The zero-order chi connectivity index (χ0) is 19.0. The van der Waals surface area contributed by atoms with E-state index in [1.807, 2.05) is 32.9 Å². The third-order valence-corrected chi connectivity index (χ3v) is 4.91. The van der Waals surface area contributed by atoms with Crippen LogP contribution in [0.4, 0.5) is 0 Å². The molecule has 140 valence electrons. The van der Waals surface area contributed by atoms with Gasteiger partial charge in [0.1, 0.15) is 17.3 Å². The monoisotopic (exact) mass is 366 g/mol. The van der Waals surface area contributed by atoms with Crippen molar-refractivity contribution in [2.24, 2.45) is 5.92 Å². The van der Waals surface area contributed by atoms with Gasteiger partial charge in [0.2, 0.25) is 5.88 Å². The molecule has 3 aromatic rings. The van der Waals surface area contributed by atoms with Crippen LogP contribution < -0.4 is 9.47 Å². The number of ether oxygens (including phenoxy) is 2. The van der Waals surface area contributed by atoms with E-state index in [1.54, 1.807) is 19.5 Å². The molecule has 27 heavy (non-hydrogen) atoms. The van der Waals surface area contributed by atoms with E-state index in [2.05, 4.69) is 20.1 Å². The number of nitrogens with zero attached hydrogens (tertiary/aromatic N) is 4. The zero-order valence-corrected chi connectivity index (χ0v) is 15.9. The fourth-order valence-corrected chi connectivity index (χ4v) is 3.31. The van der Waals surface area contributed by atoms with Gasteiger partial charge in [-0.15, -0.1) is 0 Å². The van der Waals surface area contributed by atoms with Crippen molar-refractivity contribution in [3.8, 4) is 22.8 Å². The van der Waals surface area contributed by atoms with Gasteiger partial charge in [0.05, 0.1) is 36.7 Å². The lowest BCUT2D eigenvalue weighted by Gasteiger charge is -2.10. The number of rotatable bonds is 6. The molecule has 4 rings (SSSR count). The van der Waals surface area contributed by atoms with Crippen LogP contribution >= 0.6 is 0 Å². The van der Waals surface area contributed by atoms with Crippen molar-refractivity contribution in [1.82, 2.24) is 20.1 Å². The molecule has 1 saturated carbocycles. The molecular formula is C20H22N4O3. The van der Waals surface area contributed by atoms with Crippen molar-refractivity contribution in [3.63, 3.8) is 0 Å². The normalized spacial score (nSPS) is 18.4. The van der Waals surface area contributed by atoms with E-state index >= 15 is 0 Å². The Hall–Kier alpha value is -2.96. The minimum atomic E-state index is 0.418. The Labute approximate surface area is 157 Å². The fraction of sp³-hybridized carbons (Fsp3) is 0.400. The van der Waals surface area contributed by atoms with E-state index in [1.165, 1.54) is 0 Å². The predicted molar refractivity (Wildman–Crippen MR) is 98.9 cm³/mol. The number of hydrogen-bond acceptors (Lipinski definition) is 7. The van der Waals surface area contributed by atoms with Gasteiger partial charge in [-0.1, -0.05) is 5.16 Å². The van der Waals surface area contributed by atoms with Gasteiger partial charge in [0, 0.05) is 23.7 Å². The maximum atomic E-state index is 6.10. The van der Waals surface area contributed by atoms with E-state index in [0.29, 0.717) is 30.1 Å². The van der Waals surface area contributed by atoms with Crippen LogP contribution in [0.15, 0.2) is 29.0 Å². The highest BCUT2D eigenvalue weighted by Crippen LogP contribution is 2.47. The van der Waals surface area contributed by atoms with Crippen LogP contribution in [0.3, 0.4) is 0 Å². The average Bonchev–Trinajstić information content (AvgIpc) is 3.38. The Morgan fingerprint density at radius 3 is 2.67 bits per heavy atom. The third kappa shape index (κ3) is 3.49. The van der Waals surface area contributed by atoms with Gasteiger partial charge in [0.25, 0.3) is 0 Å². The molecule has 0 N–H and O–H groups in total. The summed E-state index contributed by atoms with van der Waals surface area (Å²) in [4.78, 5) is 13.3. The van der Waals surface area contributed by atoms with Crippen LogP contribution in [0, 0.1) is 26.7 Å². The maximum absolute atomic E-state index is 6.10. The third-order valence-electron chi connectivity index (χ3n) is 4.91. The summed E-state index contributed by atoms with van der Waals surface area (Å²) in [6.07, 6.45) is 4.60. The molecule has 3 heterocycles. The lowest BCUT2D eigenvalue weighted by Crippen LogP contribution is -2.06. The summed E-state index contributed by atoms with van der Waals surface area (Å²) >= 11 is 0. The topological polar surface area (TPSA) is 83.2 Å². The zero-order valence-electron chi connectivity index (χ0n) is 15.9. The molecule has 2 atom stereocenters. The van der Waals surface area contributed by atoms with Crippen molar-refractivity contribution in [3.05, 3.63) is 47.5 Å². The molecule has 0 radical (unpaired) electrons. The molecule has 0 bridgehead atoms. The second-order valence-electron chi connectivity index (χ2n) is 6.87. The summed E-state index contributed by atoms with van der Waals surface area (Å²) in [5.41, 5.74) is 3.59. The van der Waals surface area contributed by atoms with Crippen molar-refractivity contribution in [1.29, 1.82) is 0 Å². The van der Waals surface area contributed by atoms with E-state index in [4.69, 9.17) is 14.0 Å². The number of methoxy groups -OCH3 is 1. The Balaban J connectivity index is 1.48. The van der Waals surface area contributed by atoms with Gasteiger partial charge in [-0.25, -0.2) is 4.98 Å².